The summed E-state index contributed by atoms with van der Waals surface area (Å²) in [5, 5.41) is 15.9. The highest BCUT2D eigenvalue weighted by Gasteiger charge is 2.24. The van der Waals surface area contributed by atoms with Gasteiger partial charge in [-0.3, -0.25) is 4.90 Å². The molecule has 0 aliphatic rings. The van der Waals surface area contributed by atoms with Gasteiger partial charge in [-0.2, -0.15) is 5.10 Å². The number of aryl methyl sites for hydroxylation is 1. The molecule has 0 amide bonds. The van der Waals surface area contributed by atoms with Crippen LogP contribution in [0.15, 0.2) is 54.6 Å². The van der Waals surface area contributed by atoms with E-state index in [-0.39, 0.29) is 6.04 Å². The molecule has 0 bridgehead atoms. The highest BCUT2D eigenvalue weighted by molar-refractivity contribution is 6.30. The molecule has 3 rings (SSSR count). The predicted molar refractivity (Wildman–Crippen MR) is 128 cm³/mol. The number of hydrogen-bond acceptors (Lipinski definition) is 5. The van der Waals surface area contributed by atoms with Gasteiger partial charge in [-0.05, 0) is 64.1 Å². The molecule has 0 fully saturated rings. The van der Waals surface area contributed by atoms with Crippen LogP contribution in [0.4, 0.5) is 0 Å². The number of hydrogen-bond donors (Lipinski definition) is 1. The van der Waals surface area contributed by atoms with E-state index >= 15 is 0 Å². The van der Waals surface area contributed by atoms with E-state index in [1.165, 1.54) is 0 Å². The van der Waals surface area contributed by atoms with Crippen molar-refractivity contribution in [2.75, 3.05) is 19.8 Å². The van der Waals surface area contributed by atoms with Crippen LogP contribution < -0.4 is 4.74 Å². The fraction of sp³-hybridized carbons (Fsp3) is 0.400. The summed E-state index contributed by atoms with van der Waals surface area (Å²) in [6.07, 6.45) is -0.567. The van der Waals surface area contributed by atoms with Crippen LogP contribution in [0.3, 0.4) is 0 Å². The molecule has 1 N–H and O–H groups in total. The molecule has 3 aromatic rings. The second-order valence-electron chi connectivity index (χ2n) is 8.01. The van der Waals surface area contributed by atoms with Crippen molar-refractivity contribution in [3.05, 3.63) is 70.9 Å². The zero-order valence-corrected chi connectivity index (χ0v) is 19.9. The van der Waals surface area contributed by atoms with E-state index in [1.54, 1.807) is 12.1 Å². The third-order valence-electron chi connectivity index (χ3n) is 5.22. The molecule has 32 heavy (non-hydrogen) atoms. The van der Waals surface area contributed by atoms with Gasteiger partial charge >= 0.3 is 0 Å². The molecule has 172 valence electrons. The van der Waals surface area contributed by atoms with Gasteiger partial charge in [0.15, 0.2) is 0 Å². The molecule has 0 saturated carbocycles. The third-order valence-corrected chi connectivity index (χ3v) is 5.47. The van der Waals surface area contributed by atoms with Crippen LogP contribution in [-0.2, 0) is 11.3 Å². The van der Waals surface area contributed by atoms with Crippen molar-refractivity contribution in [3.63, 3.8) is 0 Å². The number of halogens is 1. The Morgan fingerprint density at radius 3 is 2.41 bits per heavy atom. The lowest BCUT2D eigenvalue weighted by molar-refractivity contribution is 0.0131. The molecule has 7 heteroatoms. The minimum absolute atomic E-state index is 0.217. The largest absolute Gasteiger partial charge is 0.439 e. The second kappa shape index (κ2) is 11.5. The highest BCUT2D eigenvalue weighted by Crippen LogP contribution is 2.32. The number of aliphatic hydroxyl groups is 1. The van der Waals surface area contributed by atoms with Crippen molar-refractivity contribution in [2.45, 2.75) is 46.4 Å². The zero-order chi connectivity index (χ0) is 23.1. The van der Waals surface area contributed by atoms with Gasteiger partial charge in [0.1, 0.15) is 5.75 Å². The predicted octanol–water partition coefficient (Wildman–Crippen LogP) is 5.23. The van der Waals surface area contributed by atoms with Gasteiger partial charge in [0.05, 0.1) is 29.7 Å². The van der Waals surface area contributed by atoms with Crippen LogP contribution in [0.25, 0.3) is 5.69 Å². The fourth-order valence-electron chi connectivity index (χ4n) is 3.42. The molecule has 0 spiro atoms. The molecule has 1 heterocycles. The van der Waals surface area contributed by atoms with Crippen LogP contribution in [-0.4, -0.2) is 51.7 Å². The summed E-state index contributed by atoms with van der Waals surface area (Å²) < 4.78 is 13.6. The molecule has 0 radical (unpaired) electrons. The maximum absolute atomic E-state index is 10.4. The van der Waals surface area contributed by atoms with Gasteiger partial charge in [0.25, 0.3) is 0 Å². The van der Waals surface area contributed by atoms with Crippen molar-refractivity contribution >= 4 is 11.6 Å². The topological polar surface area (TPSA) is 59.8 Å². The minimum Gasteiger partial charge on any atom is -0.439 e. The van der Waals surface area contributed by atoms with E-state index in [0.717, 1.165) is 16.9 Å². The Balaban J connectivity index is 1.96. The first-order valence-electron chi connectivity index (χ1n) is 11.0. The average molecular weight is 458 g/mol. The number of benzene rings is 2. The van der Waals surface area contributed by atoms with Gasteiger partial charge in [-0.25, -0.2) is 4.68 Å². The quantitative estimate of drug-likeness (QED) is 0.427. The van der Waals surface area contributed by atoms with Gasteiger partial charge in [-0.15, -0.1) is 0 Å². The van der Waals surface area contributed by atoms with Gasteiger partial charge in [0, 0.05) is 30.8 Å². The lowest BCUT2D eigenvalue weighted by Gasteiger charge is -2.29. The fourth-order valence-corrected chi connectivity index (χ4v) is 3.55. The number of ether oxygens (including phenoxy) is 2. The van der Waals surface area contributed by atoms with E-state index in [2.05, 4.69) is 18.7 Å². The number of para-hydroxylation sites is 1. The first-order valence-corrected chi connectivity index (χ1v) is 11.3. The van der Waals surface area contributed by atoms with Crippen LogP contribution in [0, 0.1) is 6.92 Å². The van der Waals surface area contributed by atoms with Crippen molar-refractivity contribution < 1.29 is 14.6 Å². The monoisotopic (exact) mass is 457 g/mol. The maximum Gasteiger partial charge on any atom is 0.227 e. The Labute approximate surface area is 195 Å². The molecule has 0 unspecified atom stereocenters. The molecule has 0 saturated heterocycles. The highest BCUT2D eigenvalue weighted by atomic mass is 35.5. The van der Waals surface area contributed by atoms with Crippen molar-refractivity contribution in [3.8, 4) is 17.3 Å². The standard InChI is InChI=1S/C25H32ClN3O3/c1-5-31-17-22(30)15-28(18(2)3)16-24-19(4)27-29(21-9-7-6-8-10-21)25(24)32-23-13-11-20(26)12-14-23/h6-14,18,22,30H,5,15-17H2,1-4H3/t22-/m0/s1. The molecule has 2 aromatic carbocycles. The summed E-state index contributed by atoms with van der Waals surface area (Å²) in [5.41, 5.74) is 2.77. The van der Waals surface area contributed by atoms with Gasteiger partial charge < -0.3 is 14.6 Å². The van der Waals surface area contributed by atoms with E-state index in [4.69, 9.17) is 26.2 Å². The lowest BCUT2D eigenvalue weighted by Crippen LogP contribution is -2.39. The summed E-state index contributed by atoms with van der Waals surface area (Å²) in [4.78, 5) is 2.21. The first-order chi connectivity index (χ1) is 15.4. The van der Waals surface area contributed by atoms with Crippen LogP contribution in [0.1, 0.15) is 32.0 Å². The molecule has 1 aromatic heterocycles. The summed E-state index contributed by atoms with van der Waals surface area (Å²) in [5.74, 6) is 1.33. The normalized spacial score (nSPS) is 12.5. The van der Waals surface area contributed by atoms with Crippen molar-refractivity contribution in [2.24, 2.45) is 0 Å². The third kappa shape index (κ3) is 6.33. The summed E-state index contributed by atoms with van der Waals surface area (Å²) >= 11 is 6.05. The molecule has 1 atom stereocenters. The average Bonchev–Trinajstić information content (AvgIpc) is 3.09. The van der Waals surface area contributed by atoms with Gasteiger partial charge in [-0.1, -0.05) is 29.8 Å². The number of aromatic nitrogens is 2. The second-order valence-corrected chi connectivity index (χ2v) is 8.45. The van der Waals surface area contributed by atoms with Crippen molar-refractivity contribution in [1.82, 2.24) is 14.7 Å². The van der Waals surface area contributed by atoms with E-state index in [0.29, 0.717) is 43.0 Å². The molecule has 6 nitrogen and oxygen atoms in total. The first kappa shape index (κ1) is 24.3. The Morgan fingerprint density at radius 1 is 1.09 bits per heavy atom. The molecular formula is C25H32ClN3O3. The summed E-state index contributed by atoms with van der Waals surface area (Å²) in [6.45, 7) is 10.1. The van der Waals surface area contributed by atoms with Crippen LogP contribution in [0.5, 0.6) is 11.6 Å². The summed E-state index contributed by atoms with van der Waals surface area (Å²) in [6, 6.07) is 17.4. The number of rotatable bonds is 11. The molecule has 0 aliphatic heterocycles. The zero-order valence-electron chi connectivity index (χ0n) is 19.2. The van der Waals surface area contributed by atoms with Crippen LogP contribution in [0.2, 0.25) is 5.02 Å². The SMILES string of the molecule is CCOC[C@@H](O)CN(Cc1c(C)nn(-c2ccccc2)c1Oc1ccc(Cl)cc1)C(C)C. The Morgan fingerprint density at radius 2 is 1.78 bits per heavy atom. The Bertz CT molecular complexity index is 974. The molecular weight excluding hydrogens is 426 g/mol. The van der Waals surface area contributed by atoms with E-state index in [1.807, 2.05) is 61.0 Å². The summed E-state index contributed by atoms with van der Waals surface area (Å²) in [7, 11) is 0. The Kier molecular flexibility index (Phi) is 8.70. The Hall–Kier alpha value is -2.38. The van der Waals surface area contributed by atoms with E-state index in [9.17, 15) is 5.11 Å². The smallest absolute Gasteiger partial charge is 0.227 e. The van der Waals surface area contributed by atoms with Gasteiger partial charge in [0.2, 0.25) is 5.88 Å². The lowest BCUT2D eigenvalue weighted by atomic mass is 10.2. The number of aliphatic hydroxyl groups excluding tert-OH is 1. The van der Waals surface area contributed by atoms with Crippen molar-refractivity contribution in [1.29, 1.82) is 0 Å². The molecule has 0 aliphatic carbocycles. The maximum atomic E-state index is 10.4. The van der Waals surface area contributed by atoms with E-state index < -0.39 is 6.10 Å². The van der Waals surface area contributed by atoms with Crippen LogP contribution >= 0.6 is 11.6 Å². The minimum atomic E-state index is -0.567. The number of nitrogens with zero attached hydrogens (tertiary/aromatic N) is 3.